The van der Waals surface area contributed by atoms with E-state index >= 15 is 0 Å². The summed E-state index contributed by atoms with van der Waals surface area (Å²) in [5, 5.41) is 0. The molecule has 0 bridgehead atoms. The third kappa shape index (κ3) is 3.51. The molecule has 0 N–H and O–H groups in total. The molecule has 0 spiro atoms. The molecular formula is C16H16BrNO. The third-order valence-electron chi connectivity index (χ3n) is 3.12. The summed E-state index contributed by atoms with van der Waals surface area (Å²) >= 11 is 3.40. The van der Waals surface area contributed by atoms with Crippen LogP contribution < -0.4 is 0 Å². The lowest BCUT2D eigenvalue weighted by molar-refractivity contribution is 0.0991. The van der Waals surface area contributed by atoms with Gasteiger partial charge in [0.05, 0.1) is 6.42 Å². The molecule has 2 aromatic rings. The minimum atomic E-state index is 0.113. The molecule has 0 saturated heterocycles. The summed E-state index contributed by atoms with van der Waals surface area (Å²) in [6, 6.07) is 9.69. The Bertz CT molecular complexity index is 590. The Kier molecular flexibility index (Phi) is 4.48. The zero-order valence-corrected chi connectivity index (χ0v) is 12.7. The first-order valence-electron chi connectivity index (χ1n) is 6.33. The van der Waals surface area contributed by atoms with Gasteiger partial charge in [0.15, 0.2) is 5.78 Å². The summed E-state index contributed by atoms with van der Waals surface area (Å²) in [6.45, 7) is 4.04. The van der Waals surface area contributed by atoms with Crippen LogP contribution in [0.4, 0.5) is 0 Å². The number of halogens is 1. The van der Waals surface area contributed by atoms with Crippen LogP contribution >= 0.6 is 15.9 Å². The van der Waals surface area contributed by atoms with Crippen LogP contribution in [-0.4, -0.2) is 10.8 Å². The monoisotopic (exact) mass is 317 g/mol. The van der Waals surface area contributed by atoms with Crippen LogP contribution in [-0.2, 0) is 12.8 Å². The van der Waals surface area contributed by atoms with Crippen molar-refractivity contribution in [2.75, 3.05) is 0 Å². The van der Waals surface area contributed by atoms with Crippen LogP contribution in [0.25, 0.3) is 0 Å². The van der Waals surface area contributed by atoms with Crippen LogP contribution in [0.15, 0.2) is 41.0 Å². The van der Waals surface area contributed by atoms with Gasteiger partial charge in [0, 0.05) is 21.9 Å². The minimum Gasteiger partial charge on any atom is -0.294 e. The van der Waals surface area contributed by atoms with E-state index in [2.05, 4.69) is 27.8 Å². The smallest absolute Gasteiger partial charge is 0.169 e. The maximum Gasteiger partial charge on any atom is 0.169 e. The van der Waals surface area contributed by atoms with Crippen LogP contribution in [0.2, 0.25) is 0 Å². The average Bonchev–Trinajstić information content (AvgIpc) is 2.39. The first-order valence-corrected chi connectivity index (χ1v) is 7.12. The summed E-state index contributed by atoms with van der Waals surface area (Å²) in [5.74, 6) is 0.113. The zero-order valence-electron chi connectivity index (χ0n) is 11.1. The number of hydrogen-bond donors (Lipinski definition) is 0. The Morgan fingerprint density at radius 3 is 2.63 bits per heavy atom. The topological polar surface area (TPSA) is 30.0 Å². The number of aryl methyl sites for hydroxylation is 2. The minimum absolute atomic E-state index is 0.113. The van der Waals surface area contributed by atoms with Gasteiger partial charge in [-0.2, -0.15) is 0 Å². The summed E-state index contributed by atoms with van der Waals surface area (Å²) in [7, 11) is 0. The van der Waals surface area contributed by atoms with Gasteiger partial charge in [0.2, 0.25) is 0 Å². The lowest BCUT2D eigenvalue weighted by Crippen LogP contribution is -2.07. The molecule has 3 heteroatoms. The normalized spacial score (nSPS) is 10.5. The van der Waals surface area contributed by atoms with Crippen LogP contribution in [0.3, 0.4) is 0 Å². The van der Waals surface area contributed by atoms with Gasteiger partial charge in [-0.05, 0) is 42.7 Å². The molecule has 1 heterocycles. The second-order valence-electron chi connectivity index (χ2n) is 4.57. The number of benzene rings is 1. The van der Waals surface area contributed by atoms with Gasteiger partial charge in [-0.15, -0.1) is 0 Å². The summed E-state index contributed by atoms with van der Waals surface area (Å²) in [6.07, 6.45) is 3.16. The summed E-state index contributed by atoms with van der Waals surface area (Å²) < 4.78 is 0.993. The molecule has 0 unspecified atom stereocenters. The van der Waals surface area contributed by atoms with Crippen LogP contribution in [0.5, 0.6) is 0 Å². The van der Waals surface area contributed by atoms with E-state index in [9.17, 15) is 4.79 Å². The van der Waals surface area contributed by atoms with E-state index < -0.39 is 0 Å². The standard InChI is InChI=1S/C16H16BrNO/c1-3-12-4-6-14(18-10-12)9-16(19)15-7-5-13(17)8-11(15)2/h4-8,10H,3,9H2,1-2H3. The van der Waals surface area contributed by atoms with Crippen molar-refractivity contribution >= 4 is 21.7 Å². The van der Waals surface area contributed by atoms with Gasteiger partial charge in [0.25, 0.3) is 0 Å². The van der Waals surface area contributed by atoms with Crippen molar-refractivity contribution in [1.29, 1.82) is 0 Å². The molecule has 2 rings (SSSR count). The number of carbonyl (C=O) groups is 1. The Hall–Kier alpha value is -1.48. The van der Waals surface area contributed by atoms with Crippen LogP contribution in [0.1, 0.15) is 34.1 Å². The van der Waals surface area contributed by atoms with E-state index in [4.69, 9.17) is 0 Å². The quantitative estimate of drug-likeness (QED) is 0.793. The molecule has 0 radical (unpaired) electrons. The van der Waals surface area contributed by atoms with E-state index in [1.165, 1.54) is 5.56 Å². The van der Waals surface area contributed by atoms with E-state index in [-0.39, 0.29) is 5.78 Å². The molecule has 0 aliphatic heterocycles. The molecule has 98 valence electrons. The zero-order chi connectivity index (χ0) is 13.8. The largest absolute Gasteiger partial charge is 0.294 e. The molecule has 1 aromatic carbocycles. The van der Waals surface area contributed by atoms with Crippen molar-refractivity contribution in [2.24, 2.45) is 0 Å². The number of pyridine rings is 1. The molecule has 0 saturated carbocycles. The fourth-order valence-electron chi connectivity index (χ4n) is 1.97. The highest BCUT2D eigenvalue weighted by molar-refractivity contribution is 9.10. The lowest BCUT2D eigenvalue weighted by Gasteiger charge is -2.06. The SMILES string of the molecule is CCc1ccc(CC(=O)c2ccc(Br)cc2C)nc1. The fourth-order valence-corrected chi connectivity index (χ4v) is 2.44. The van der Waals surface area contributed by atoms with Gasteiger partial charge in [-0.3, -0.25) is 9.78 Å². The van der Waals surface area contributed by atoms with Gasteiger partial charge in [0.1, 0.15) is 0 Å². The fraction of sp³-hybridized carbons (Fsp3) is 0.250. The first-order chi connectivity index (χ1) is 9.10. The average molecular weight is 318 g/mol. The van der Waals surface area contributed by atoms with E-state index in [0.717, 1.165) is 27.7 Å². The third-order valence-corrected chi connectivity index (χ3v) is 3.62. The second-order valence-corrected chi connectivity index (χ2v) is 5.49. The molecule has 2 nitrogen and oxygen atoms in total. The molecule has 0 amide bonds. The predicted octanol–water partition coefficient (Wildman–Crippen LogP) is 4.14. The molecule has 0 aliphatic rings. The Balaban J connectivity index is 2.15. The highest BCUT2D eigenvalue weighted by Gasteiger charge is 2.10. The molecule has 19 heavy (non-hydrogen) atoms. The number of nitrogens with zero attached hydrogens (tertiary/aromatic N) is 1. The number of carbonyl (C=O) groups excluding carboxylic acids is 1. The number of hydrogen-bond acceptors (Lipinski definition) is 2. The maximum absolute atomic E-state index is 12.2. The first kappa shape index (κ1) is 13.9. The van der Waals surface area contributed by atoms with Gasteiger partial charge in [-0.1, -0.05) is 35.0 Å². The highest BCUT2D eigenvalue weighted by atomic mass is 79.9. The number of Topliss-reactive ketones (excluding diaryl/α,β-unsaturated/α-hetero) is 1. The molecule has 0 fully saturated rings. The summed E-state index contributed by atoms with van der Waals surface area (Å²) in [5.41, 5.74) is 3.77. The Morgan fingerprint density at radius 1 is 1.26 bits per heavy atom. The van der Waals surface area contributed by atoms with Crippen molar-refractivity contribution in [3.63, 3.8) is 0 Å². The van der Waals surface area contributed by atoms with Gasteiger partial charge < -0.3 is 0 Å². The maximum atomic E-state index is 12.2. The van der Waals surface area contributed by atoms with Gasteiger partial charge >= 0.3 is 0 Å². The highest BCUT2D eigenvalue weighted by Crippen LogP contribution is 2.17. The predicted molar refractivity (Wildman–Crippen MR) is 80.5 cm³/mol. The van der Waals surface area contributed by atoms with E-state index in [0.29, 0.717) is 6.42 Å². The Morgan fingerprint density at radius 2 is 2.05 bits per heavy atom. The van der Waals surface area contributed by atoms with Gasteiger partial charge in [-0.25, -0.2) is 0 Å². The van der Waals surface area contributed by atoms with Crippen molar-refractivity contribution in [3.8, 4) is 0 Å². The second kappa shape index (κ2) is 6.11. The van der Waals surface area contributed by atoms with Crippen molar-refractivity contribution in [1.82, 2.24) is 4.98 Å². The van der Waals surface area contributed by atoms with Crippen LogP contribution in [0, 0.1) is 6.92 Å². The van der Waals surface area contributed by atoms with Crippen molar-refractivity contribution < 1.29 is 4.79 Å². The van der Waals surface area contributed by atoms with E-state index in [1.807, 2.05) is 43.5 Å². The molecular weight excluding hydrogens is 302 g/mol. The molecule has 0 atom stereocenters. The Labute approximate surface area is 122 Å². The van der Waals surface area contributed by atoms with E-state index in [1.54, 1.807) is 0 Å². The molecule has 1 aromatic heterocycles. The number of rotatable bonds is 4. The van der Waals surface area contributed by atoms with Crippen molar-refractivity contribution in [3.05, 3.63) is 63.4 Å². The number of aromatic nitrogens is 1. The van der Waals surface area contributed by atoms with Crippen molar-refractivity contribution in [2.45, 2.75) is 26.7 Å². The molecule has 0 aliphatic carbocycles. The summed E-state index contributed by atoms with van der Waals surface area (Å²) in [4.78, 5) is 16.6. The number of ketones is 1. The lowest BCUT2D eigenvalue weighted by atomic mass is 10.0.